The average molecular weight is 1150 g/mol. The summed E-state index contributed by atoms with van der Waals surface area (Å²) in [7, 11) is -7.36. The maximum absolute atomic E-state index is 13.6. The first kappa shape index (κ1) is 51.8. The maximum Gasteiger partial charge on any atom is 0.206 e. The largest absolute Gasteiger partial charge is 0.309 e. The lowest BCUT2D eigenvalue weighted by atomic mass is 10.0. The number of para-hydroxylation sites is 2. The summed E-state index contributed by atoms with van der Waals surface area (Å²) in [6.45, 7) is 0. The van der Waals surface area contributed by atoms with Crippen LogP contribution in [-0.2, 0) is 26.1 Å². The Hall–Kier alpha value is -9.29. The van der Waals surface area contributed by atoms with E-state index in [9.17, 15) is 21.2 Å². The zero-order valence-corrected chi connectivity index (χ0v) is 47.6. The number of rotatable bonds is 7. The smallest absolute Gasteiger partial charge is 0.206 e. The van der Waals surface area contributed by atoms with Crippen molar-refractivity contribution in [2.24, 2.45) is 0 Å². The van der Waals surface area contributed by atoms with Gasteiger partial charge in [-0.05, 0) is 148 Å². The van der Waals surface area contributed by atoms with Crippen molar-refractivity contribution in [2.45, 2.75) is 26.0 Å². The van der Waals surface area contributed by atoms with Crippen LogP contribution in [0.15, 0.2) is 299 Å². The second kappa shape index (κ2) is 21.2. The van der Waals surface area contributed by atoms with E-state index in [4.69, 9.17) is 0 Å². The van der Waals surface area contributed by atoms with E-state index in [1.54, 1.807) is 59.1 Å². The Morgan fingerprint density at radius 2 is 0.651 bits per heavy atom. The van der Waals surface area contributed by atoms with E-state index in [0.717, 1.165) is 57.5 Å². The number of sulfone groups is 2. The van der Waals surface area contributed by atoms with Gasteiger partial charge in [-0.25, -0.2) is 21.2 Å². The van der Waals surface area contributed by atoms with Crippen LogP contribution < -0.4 is 0 Å². The van der Waals surface area contributed by atoms with Crippen molar-refractivity contribution in [3.63, 3.8) is 0 Å². The molecule has 83 heavy (non-hydrogen) atoms. The summed E-state index contributed by atoms with van der Waals surface area (Å²) in [4.78, 5) is 0.838. The summed E-state index contributed by atoms with van der Waals surface area (Å²) in [5.74, 6) is -0.462. The minimum Gasteiger partial charge on any atom is -0.309 e. The standard InChI is InChI=1S/C36H23NO2S2.C24H15FO2S2.C13H10/c38-41(39,26-20-16-24(17-21-26)28-11-7-12-32-31-10-3-6-15-35(31)40-36(28)32)27-22-18-25(19-23-27)37-33-13-4-1-8-29(33)30-9-2-5-14-34(30)37;25-17-10-14-19(15-11-17)29(26,27)18-12-8-16(9-13-18)20-5-3-6-22-21-4-1-2-7-23(21)28-24(20)22;1-3-7-12-10(5-1)9-11-6-2-4-8-13(11)12/h1-23H;1-15H;1-8H,9H2. The molecule has 0 saturated carbocycles. The molecule has 5 nitrogen and oxygen atoms in total. The van der Waals surface area contributed by atoms with Crippen LogP contribution in [0.1, 0.15) is 11.1 Å². The number of fused-ring (bicyclic) bond motifs is 12. The van der Waals surface area contributed by atoms with Gasteiger partial charge in [-0.3, -0.25) is 0 Å². The molecule has 16 rings (SSSR count). The molecule has 0 bridgehead atoms. The van der Waals surface area contributed by atoms with Gasteiger partial charge in [0.05, 0.1) is 30.6 Å². The molecule has 0 radical (unpaired) electrons. The first-order valence-electron chi connectivity index (χ1n) is 27.1. The Bertz CT molecular complexity index is 5100. The lowest BCUT2D eigenvalue weighted by Gasteiger charge is -2.10. The highest BCUT2D eigenvalue weighted by molar-refractivity contribution is 7.91. The Balaban J connectivity index is 0.000000126. The molecular formula is C73H48FNO4S4. The first-order chi connectivity index (χ1) is 40.6. The lowest BCUT2D eigenvalue weighted by Crippen LogP contribution is -2.02. The Morgan fingerprint density at radius 3 is 1.10 bits per heavy atom. The Morgan fingerprint density at radius 1 is 0.313 bits per heavy atom. The molecule has 0 fully saturated rings. The average Bonchev–Trinajstić information content (AvgIpc) is 4.28. The van der Waals surface area contributed by atoms with E-state index >= 15 is 0 Å². The molecule has 0 saturated heterocycles. The summed E-state index contributed by atoms with van der Waals surface area (Å²) in [5, 5.41) is 7.24. The molecule has 400 valence electrons. The second-order valence-electron chi connectivity index (χ2n) is 20.4. The van der Waals surface area contributed by atoms with E-state index in [0.29, 0.717) is 0 Å². The quantitative estimate of drug-likeness (QED) is 0.149. The van der Waals surface area contributed by atoms with Crippen LogP contribution in [0.4, 0.5) is 4.39 Å². The number of nitrogens with zero attached hydrogens (tertiary/aromatic N) is 1. The van der Waals surface area contributed by atoms with Gasteiger partial charge in [0.25, 0.3) is 0 Å². The zero-order chi connectivity index (χ0) is 56.2. The Kier molecular flexibility index (Phi) is 13.3. The number of aromatic nitrogens is 1. The number of thiophene rings is 2. The van der Waals surface area contributed by atoms with Crippen LogP contribution >= 0.6 is 22.7 Å². The highest BCUT2D eigenvalue weighted by atomic mass is 32.2. The van der Waals surface area contributed by atoms with Gasteiger partial charge in [0.15, 0.2) is 0 Å². The fourth-order valence-corrected chi connectivity index (χ4v) is 16.5. The predicted octanol–water partition coefficient (Wildman–Crippen LogP) is 19.6. The van der Waals surface area contributed by atoms with Crippen molar-refractivity contribution >= 4 is 104 Å². The van der Waals surface area contributed by atoms with Gasteiger partial charge in [-0.15, -0.1) is 22.7 Å². The third-order valence-electron chi connectivity index (χ3n) is 15.6. The van der Waals surface area contributed by atoms with Crippen molar-refractivity contribution in [2.75, 3.05) is 0 Å². The van der Waals surface area contributed by atoms with Gasteiger partial charge in [0.2, 0.25) is 19.7 Å². The van der Waals surface area contributed by atoms with E-state index in [1.807, 2.05) is 78.9 Å². The SMILES string of the molecule is O=S(=O)(c1ccc(-c2cccc3c2sc2ccccc23)cc1)c1ccc(-n2c3ccccc3c3ccccc32)cc1.O=S(=O)(c1ccc(F)cc1)c1ccc(-c2cccc3c2sc2ccccc23)cc1.c1ccc2c(c1)Cc1ccccc1-2. The van der Waals surface area contributed by atoms with Crippen LogP contribution in [0.3, 0.4) is 0 Å². The molecule has 3 heterocycles. The van der Waals surface area contributed by atoms with Gasteiger partial charge < -0.3 is 4.57 Å². The number of hydrogen-bond acceptors (Lipinski definition) is 6. The van der Waals surface area contributed by atoms with Gasteiger partial charge in [0, 0.05) is 56.8 Å². The second-order valence-corrected chi connectivity index (χ2v) is 26.4. The molecule has 0 unspecified atom stereocenters. The van der Waals surface area contributed by atoms with E-state index in [1.165, 1.54) is 85.5 Å². The zero-order valence-electron chi connectivity index (χ0n) is 44.4. The molecule has 0 aliphatic heterocycles. The summed E-state index contributed by atoms with van der Waals surface area (Å²) in [6.07, 6.45) is 1.10. The molecule has 15 aromatic rings. The van der Waals surface area contributed by atoms with Crippen molar-refractivity contribution in [1.82, 2.24) is 4.57 Å². The van der Waals surface area contributed by atoms with Crippen molar-refractivity contribution in [3.8, 4) is 39.1 Å². The van der Waals surface area contributed by atoms with Crippen LogP contribution in [-0.4, -0.2) is 21.4 Å². The highest BCUT2D eigenvalue weighted by Crippen LogP contribution is 2.43. The fourth-order valence-electron chi connectivity index (χ4n) is 11.5. The molecule has 0 atom stereocenters. The molecule has 0 amide bonds. The number of benzene rings is 12. The topological polar surface area (TPSA) is 73.2 Å². The van der Waals surface area contributed by atoms with Crippen LogP contribution in [0, 0.1) is 5.82 Å². The number of halogens is 1. The Labute approximate surface area is 487 Å². The minimum atomic E-state index is -3.68. The van der Waals surface area contributed by atoms with Gasteiger partial charge >= 0.3 is 0 Å². The summed E-state index contributed by atoms with van der Waals surface area (Å²) < 4.78 is 73.0. The van der Waals surface area contributed by atoms with Crippen LogP contribution in [0.25, 0.3) is 101 Å². The third-order valence-corrected chi connectivity index (χ3v) is 21.6. The summed E-state index contributed by atoms with van der Waals surface area (Å²) in [5.41, 5.74) is 13.0. The molecule has 3 aromatic heterocycles. The maximum atomic E-state index is 13.6. The van der Waals surface area contributed by atoms with Gasteiger partial charge in [-0.1, -0.05) is 182 Å². The van der Waals surface area contributed by atoms with Crippen LogP contribution in [0.5, 0.6) is 0 Å². The highest BCUT2D eigenvalue weighted by Gasteiger charge is 2.22. The third kappa shape index (κ3) is 9.40. The van der Waals surface area contributed by atoms with Gasteiger partial charge in [0.1, 0.15) is 5.82 Å². The van der Waals surface area contributed by atoms with E-state index < -0.39 is 25.5 Å². The monoisotopic (exact) mass is 1150 g/mol. The molecule has 10 heteroatoms. The molecule has 1 aliphatic rings. The molecular weight excluding hydrogens is 1100 g/mol. The summed E-state index contributed by atoms with van der Waals surface area (Å²) in [6, 6.07) is 89.4. The van der Waals surface area contributed by atoms with Crippen molar-refractivity contribution < 1.29 is 21.2 Å². The molecule has 0 N–H and O–H groups in total. The first-order valence-corrected chi connectivity index (χ1v) is 31.7. The molecule has 0 spiro atoms. The van der Waals surface area contributed by atoms with Gasteiger partial charge in [-0.2, -0.15) is 0 Å². The van der Waals surface area contributed by atoms with Crippen molar-refractivity contribution in [3.05, 3.63) is 296 Å². The van der Waals surface area contributed by atoms with E-state index in [-0.39, 0.29) is 19.6 Å². The van der Waals surface area contributed by atoms with Crippen molar-refractivity contribution in [1.29, 1.82) is 0 Å². The summed E-state index contributed by atoms with van der Waals surface area (Å²) >= 11 is 3.51. The molecule has 12 aromatic carbocycles. The van der Waals surface area contributed by atoms with E-state index in [2.05, 4.69) is 144 Å². The fraction of sp³-hybridized carbons (Fsp3) is 0.0137. The normalized spacial score (nSPS) is 12.1. The predicted molar refractivity (Wildman–Crippen MR) is 342 cm³/mol. The minimum absolute atomic E-state index is 0.0817. The van der Waals surface area contributed by atoms with Crippen LogP contribution in [0.2, 0.25) is 0 Å². The number of hydrogen-bond donors (Lipinski definition) is 0. The molecule has 1 aliphatic carbocycles. The lowest BCUT2D eigenvalue weighted by molar-refractivity contribution is 0.593.